The molecule has 4 nitrogen and oxygen atoms in total. The first-order chi connectivity index (χ1) is 9.78. The Morgan fingerprint density at radius 3 is 2.70 bits per heavy atom. The van der Waals surface area contributed by atoms with Crippen LogP contribution in [0.1, 0.15) is 37.8 Å². The molecule has 4 heteroatoms. The quantitative estimate of drug-likeness (QED) is 0.837. The van der Waals surface area contributed by atoms with Gasteiger partial charge in [-0.1, -0.05) is 6.07 Å². The lowest BCUT2D eigenvalue weighted by atomic mass is 10.0. The zero-order valence-electron chi connectivity index (χ0n) is 12.0. The molecule has 0 aromatic heterocycles. The van der Waals surface area contributed by atoms with Crippen LogP contribution in [0, 0.1) is 5.92 Å². The number of aliphatic hydroxyl groups is 1. The first-order valence-electron chi connectivity index (χ1n) is 7.54. The van der Waals surface area contributed by atoms with Gasteiger partial charge in [0.25, 0.3) is 0 Å². The molecule has 3 rings (SSSR count). The lowest BCUT2D eigenvalue weighted by molar-refractivity contribution is 0.171. The SMILES string of the molecule is CC(NC(CCO)C1CC1)c1ccc2c(c1)OCCO2. The summed E-state index contributed by atoms with van der Waals surface area (Å²) in [5.74, 6) is 2.41. The predicted molar refractivity (Wildman–Crippen MR) is 77.2 cm³/mol. The number of hydrogen-bond donors (Lipinski definition) is 2. The van der Waals surface area contributed by atoms with E-state index in [0.717, 1.165) is 23.8 Å². The van der Waals surface area contributed by atoms with Crippen molar-refractivity contribution in [2.75, 3.05) is 19.8 Å². The maximum Gasteiger partial charge on any atom is 0.161 e. The van der Waals surface area contributed by atoms with E-state index < -0.39 is 0 Å². The topological polar surface area (TPSA) is 50.7 Å². The number of benzene rings is 1. The van der Waals surface area contributed by atoms with Crippen LogP contribution in [0.5, 0.6) is 11.5 Å². The molecule has 0 bridgehead atoms. The van der Waals surface area contributed by atoms with E-state index in [2.05, 4.69) is 24.4 Å². The van der Waals surface area contributed by atoms with E-state index in [-0.39, 0.29) is 12.6 Å². The normalized spacial score (nSPS) is 20.5. The minimum absolute atomic E-state index is 0.252. The maximum absolute atomic E-state index is 9.18. The molecule has 1 aromatic rings. The minimum Gasteiger partial charge on any atom is -0.486 e. The highest BCUT2D eigenvalue weighted by Crippen LogP contribution is 2.36. The zero-order chi connectivity index (χ0) is 13.9. The molecule has 2 aliphatic rings. The summed E-state index contributed by atoms with van der Waals surface area (Å²) in [6.07, 6.45) is 3.40. The Balaban J connectivity index is 1.68. The summed E-state index contributed by atoms with van der Waals surface area (Å²) in [5.41, 5.74) is 1.21. The Hall–Kier alpha value is -1.26. The Labute approximate surface area is 120 Å². The Morgan fingerprint density at radius 2 is 2.00 bits per heavy atom. The van der Waals surface area contributed by atoms with Gasteiger partial charge in [0.1, 0.15) is 13.2 Å². The van der Waals surface area contributed by atoms with Crippen LogP contribution in [0.2, 0.25) is 0 Å². The highest BCUT2D eigenvalue weighted by molar-refractivity contribution is 5.44. The molecule has 1 aliphatic carbocycles. The molecule has 1 heterocycles. The van der Waals surface area contributed by atoms with Crippen LogP contribution in [0.3, 0.4) is 0 Å². The second-order valence-corrected chi connectivity index (χ2v) is 5.75. The van der Waals surface area contributed by atoms with E-state index in [9.17, 15) is 5.11 Å². The lowest BCUT2D eigenvalue weighted by Crippen LogP contribution is -2.34. The number of aliphatic hydroxyl groups excluding tert-OH is 1. The van der Waals surface area contributed by atoms with Crippen molar-refractivity contribution in [3.63, 3.8) is 0 Å². The second-order valence-electron chi connectivity index (χ2n) is 5.75. The standard InChI is InChI=1S/C16H23NO3/c1-11(17-14(6-7-18)12-2-3-12)13-4-5-15-16(10-13)20-9-8-19-15/h4-5,10-12,14,17-18H,2-3,6-9H2,1H3. The van der Waals surface area contributed by atoms with Crippen LogP contribution in [-0.4, -0.2) is 31.0 Å². The molecular formula is C16H23NO3. The summed E-state index contributed by atoms with van der Waals surface area (Å²) in [6.45, 7) is 3.66. The molecule has 1 saturated carbocycles. The van der Waals surface area contributed by atoms with Crippen molar-refractivity contribution in [2.24, 2.45) is 5.92 Å². The van der Waals surface area contributed by atoms with Gasteiger partial charge in [-0.25, -0.2) is 0 Å². The molecular weight excluding hydrogens is 254 g/mol. The van der Waals surface area contributed by atoms with Crippen molar-refractivity contribution in [1.29, 1.82) is 0 Å². The van der Waals surface area contributed by atoms with Crippen molar-refractivity contribution >= 4 is 0 Å². The van der Waals surface area contributed by atoms with Crippen LogP contribution in [0.25, 0.3) is 0 Å². The van der Waals surface area contributed by atoms with Gasteiger partial charge in [0, 0.05) is 18.7 Å². The lowest BCUT2D eigenvalue weighted by Gasteiger charge is -2.25. The van der Waals surface area contributed by atoms with Gasteiger partial charge in [-0.2, -0.15) is 0 Å². The molecule has 0 saturated heterocycles. The van der Waals surface area contributed by atoms with Gasteiger partial charge in [-0.3, -0.25) is 0 Å². The van der Waals surface area contributed by atoms with Crippen LogP contribution in [0.4, 0.5) is 0 Å². The molecule has 2 N–H and O–H groups in total. The number of rotatable bonds is 6. The molecule has 0 radical (unpaired) electrons. The van der Waals surface area contributed by atoms with Gasteiger partial charge in [-0.05, 0) is 49.8 Å². The molecule has 110 valence electrons. The summed E-state index contributed by atoms with van der Waals surface area (Å²) in [4.78, 5) is 0. The van der Waals surface area contributed by atoms with Crippen LogP contribution >= 0.6 is 0 Å². The van der Waals surface area contributed by atoms with Gasteiger partial charge in [0.2, 0.25) is 0 Å². The average molecular weight is 277 g/mol. The molecule has 2 unspecified atom stereocenters. The predicted octanol–water partition coefficient (Wildman–Crippen LogP) is 2.27. The Morgan fingerprint density at radius 1 is 1.25 bits per heavy atom. The highest BCUT2D eigenvalue weighted by atomic mass is 16.6. The third-order valence-corrected chi connectivity index (χ3v) is 4.16. The van der Waals surface area contributed by atoms with E-state index in [1.54, 1.807) is 0 Å². The molecule has 0 amide bonds. The third-order valence-electron chi connectivity index (χ3n) is 4.16. The number of ether oxygens (including phenoxy) is 2. The minimum atomic E-state index is 0.252. The summed E-state index contributed by atoms with van der Waals surface area (Å²) >= 11 is 0. The van der Waals surface area contributed by atoms with Crippen molar-refractivity contribution in [3.05, 3.63) is 23.8 Å². The van der Waals surface area contributed by atoms with Crippen molar-refractivity contribution in [3.8, 4) is 11.5 Å². The van der Waals surface area contributed by atoms with E-state index in [0.29, 0.717) is 19.3 Å². The van der Waals surface area contributed by atoms with Gasteiger partial charge >= 0.3 is 0 Å². The van der Waals surface area contributed by atoms with Gasteiger partial charge in [0.15, 0.2) is 11.5 Å². The second kappa shape index (κ2) is 6.02. The van der Waals surface area contributed by atoms with E-state index in [1.165, 1.54) is 18.4 Å². The largest absolute Gasteiger partial charge is 0.486 e. The summed E-state index contributed by atoms with van der Waals surface area (Å²) in [7, 11) is 0. The number of nitrogens with one attached hydrogen (secondary N) is 1. The summed E-state index contributed by atoms with van der Waals surface area (Å²) in [6, 6.07) is 6.81. The van der Waals surface area contributed by atoms with Crippen molar-refractivity contribution in [1.82, 2.24) is 5.32 Å². The van der Waals surface area contributed by atoms with E-state index in [1.807, 2.05) is 6.07 Å². The molecule has 20 heavy (non-hydrogen) atoms. The van der Waals surface area contributed by atoms with Crippen LogP contribution < -0.4 is 14.8 Å². The first kappa shape index (κ1) is 13.7. The smallest absolute Gasteiger partial charge is 0.161 e. The number of fused-ring (bicyclic) bond motifs is 1. The monoisotopic (exact) mass is 277 g/mol. The number of hydrogen-bond acceptors (Lipinski definition) is 4. The molecule has 1 aromatic carbocycles. The molecule has 2 atom stereocenters. The average Bonchev–Trinajstić information content (AvgIpc) is 3.31. The highest BCUT2D eigenvalue weighted by Gasteiger charge is 2.31. The Kier molecular flexibility index (Phi) is 4.13. The van der Waals surface area contributed by atoms with E-state index in [4.69, 9.17) is 9.47 Å². The van der Waals surface area contributed by atoms with E-state index >= 15 is 0 Å². The van der Waals surface area contributed by atoms with Crippen molar-refractivity contribution in [2.45, 2.75) is 38.3 Å². The fourth-order valence-electron chi connectivity index (χ4n) is 2.84. The van der Waals surface area contributed by atoms with Gasteiger partial charge < -0.3 is 19.9 Å². The Bertz CT molecular complexity index is 459. The maximum atomic E-state index is 9.18. The third kappa shape index (κ3) is 3.07. The van der Waals surface area contributed by atoms with Crippen molar-refractivity contribution < 1.29 is 14.6 Å². The fourth-order valence-corrected chi connectivity index (χ4v) is 2.84. The van der Waals surface area contributed by atoms with Crippen LogP contribution in [-0.2, 0) is 0 Å². The summed E-state index contributed by atoms with van der Waals surface area (Å²) < 4.78 is 11.2. The first-order valence-corrected chi connectivity index (χ1v) is 7.54. The van der Waals surface area contributed by atoms with Gasteiger partial charge in [-0.15, -0.1) is 0 Å². The molecule has 0 spiro atoms. The molecule has 1 aliphatic heterocycles. The zero-order valence-corrected chi connectivity index (χ0v) is 12.0. The summed E-state index contributed by atoms with van der Waals surface area (Å²) in [5, 5.41) is 12.8. The van der Waals surface area contributed by atoms with Gasteiger partial charge in [0.05, 0.1) is 0 Å². The molecule has 1 fully saturated rings. The van der Waals surface area contributed by atoms with Crippen LogP contribution in [0.15, 0.2) is 18.2 Å². The fraction of sp³-hybridized carbons (Fsp3) is 0.625.